The van der Waals surface area contributed by atoms with Crippen molar-refractivity contribution < 1.29 is 35.6 Å². The van der Waals surface area contributed by atoms with Crippen LogP contribution in [0.1, 0.15) is 41.2 Å². The summed E-state index contributed by atoms with van der Waals surface area (Å²) in [6.45, 7) is 1.33. The third-order valence-corrected chi connectivity index (χ3v) is 7.93. The normalized spacial score (nSPS) is 19.2. The molecule has 3 aromatic heterocycles. The Morgan fingerprint density at radius 3 is 1.69 bits per heavy atom. The van der Waals surface area contributed by atoms with Gasteiger partial charge in [-0.15, -0.1) is 0 Å². The van der Waals surface area contributed by atoms with Crippen LogP contribution >= 0.6 is 0 Å². The van der Waals surface area contributed by atoms with Crippen LogP contribution in [0.25, 0.3) is 88.5 Å². The molecule has 49 heavy (non-hydrogen) atoms. The first kappa shape index (κ1) is 12.2. The van der Waals surface area contributed by atoms with Crippen molar-refractivity contribution in [2.45, 2.75) is 6.92 Å². The summed E-state index contributed by atoms with van der Waals surface area (Å²) in [5.74, 6) is -0.768. The molecule has 0 bridgehead atoms. The fourth-order valence-corrected chi connectivity index (χ4v) is 5.85. The summed E-state index contributed by atoms with van der Waals surface area (Å²) in [4.78, 5) is 9.20. The van der Waals surface area contributed by atoms with Crippen molar-refractivity contribution in [3.05, 3.63) is 169 Å². The Balaban J connectivity index is 1.47. The van der Waals surface area contributed by atoms with E-state index in [0.29, 0.717) is 0 Å². The molecule has 3 heterocycles. The van der Waals surface area contributed by atoms with E-state index >= 15 is 0 Å². The zero-order valence-corrected chi connectivity index (χ0v) is 24.9. The second-order valence-corrected chi connectivity index (χ2v) is 10.7. The van der Waals surface area contributed by atoms with E-state index in [1.54, 1.807) is 0 Å². The minimum atomic E-state index is -0.905. The van der Waals surface area contributed by atoms with E-state index in [1.165, 1.54) is 6.92 Å². The largest absolute Gasteiger partial charge is 0.309 e. The van der Waals surface area contributed by atoms with Gasteiger partial charge in [0, 0.05) is 38.2 Å². The molecule has 0 unspecified atom stereocenters. The van der Waals surface area contributed by atoms with Crippen molar-refractivity contribution >= 4 is 54.5 Å². The van der Waals surface area contributed by atoms with Gasteiger partial charge in [0.25, 0.3) is 0 Å². The number of hydrogen-bond donors (Lipinski definition) is 0. The summed E-state index contributed by atoms with van der Waals surface area (Å²) < 4.78 is 234. The quantitative estimate of drug-likeness (QED) is 0.190. The maximum Gasteiger partial charge on any atom is 0.235 e. The maximum atomic E-state index is 9.77. The van der Waals surface area contributed by atoms with Gasteiger partial charge in [0.05, 0.1) is 68.9 Å². The van der Waals surface area contributed by atoms with Gasteiger partial charge in [0.15, 0.2) is 0 Å². The van der Waals surface area contributed by atoms with Crippen LogP contribution in [-0.2, 0) is 0 Å². The lowest BCUT2D eigenvalue weighted by Crippen LogP contribution is -2.03. The first-order chi connectivity index (χ1) is 35.0. The smallest absolute Gasteiger partial charge is 0.235 e. The van der Waals surface area contributed by atoms with Gasteiger partial charge < -0.3 is 4.57 Å². The molecule has 0 N–H and O–H groups in total. The Morgan fingerprint density at radius 2 is 1.00 bits per heavy atom. The third-order valence-electron chi connectivity index (χ3n) is 7.93. The molecule has 4 nitrogen and oxygen atoms in total. The molecule has 0 atom stereocenters. The van der Waals surface area contributed by atoms with Crippen molar-refractivity contribution in [3.63, 3.8) is 0 Å². The highest BCUT2D eigenvalue weighted by Crippen LogP contribution is 2.42. The number of para-hydroxylation sites is 4. The van der Waals surface area contributed by atoms with E-state index in [-0.39, 0.29) is 10.9 Å². The van der Waals surface area contributed by atoms with Crippen LogP contribution in [0.15, 0.2) is 163 Å². The Labute approximate surface area is 319 Å². The Bertz CT molecular complexity index is 4300. The van der Waals surface area contributed by atoms with Crippen LogP contribution in [0.2, 0.25) is 0 Å². The molecule has 0 spiro atoms. The lowest BCUT2D eigenvalue weighted by molar-refractivity contribution is 1.01. The summed E-state index contributed by atoms with van der Waals surface area (Å²) in [7, 11) is 0. The van der Waals surface area contributed by atoms with Gasteiger partial charge in [-0.05, 0) is 60.3 Å². The van der Waals surface area contributed by atoms with Gasteiger partial charge in [0.2, 0.25) is 5.95 Å². The van der Waals surface area contributed by atoms with Crippen molar-refractivity contribution in [3.8, 4) is 34.0 Å². The summed E-state index contributed by atoms with van der Waals surface area (Å²) in [6.07, 6.45) is 0. The minimum Gasteiger partial charge on any atom is -0.309 e. The van der Waals surface area contributed by atoms with E-state index in [4.69, 9.17) is 23.3 Å². The van der Waals surface area contributed by atoms with E-state index in [2.05, 4.69) is 9.97 Å². The fraction of sp³-hybridized carbons (Fsp3) is 0.0222. The Kier molecular flexibility index (Phi) is 2.67. The highest BCUT2D eigenvalue weighted by Gasteiger charge is 2.22. The average Bonchev–Trinajstić information content (AvgIpc) is 4.04. The van der Waals surface area contributed by atoms with Gasteiger partial charge >= 0.3 is 0 Å². The highest BCUT2D eigenvalue weighted by atomic mass is 15.2. The lowest BCUT2D eigenvalue weighted by atomic mass is 10.0. The molecule has 10 aromatic rings. The topological polar surface area (TPSA) is 35.6 Å². The number of fused-ring (bicyclic) bond motifs is 8. The summed E-state index contributed by atoms with van der Waals surface area (Å²) in [5, 5.41) is -2.16. The SMILES string of the molecule is [2H]c1cc2c(-c3c([2H])c([2H])c(-c4c([2H])c([2H])c(C)c([2H])c4[2H])c([2H])c3[2H])nc(-n3c4c([2H])c([2H])c([2H])c([2H])c4c4c5c6c([2H])c([2H])c([2H])c([2H])c6n(-c6c([2H])c([2H])c([2H])c([2H])c6[2H])c5c([2H])c([2H])c43)nc2c([2H])c1[2H]. The van der Waals surface area contributed by atoms with E-state index in [1.807, 2.05) is 0 Å². The summed E-state index contributed by atoms with van der Waals surface area (Å²) >= 11 is 0. The van der Waals surface area contributed by atoms with Crippen LogP contribution in [0.4, 0.5) is 0 Å². The van der Waals surface area contributed by atoms with Gasteiger partial charge in [-0.2, -0.15) is 0 Å². The number of aromatic nitrogens is 4. The number of hydrogen-bond acceptors (Lipinski definition) is 2. The van der Waals surface area contributed by atoms with Crippen LogP contribution < -0.4 is 0 Å². The third kappa shape index (κ3) is 4.24. The number of benzene rings is 7. The van der Waals surface area contributed by atoms with Crippen LogP contribution in [0.3, 0.4) is 0 Å². The molecule has 10 rings (SSSR count). The zero-order valence-electron chi connectivity index (χ0n) is 50.9. The van der Waals surface area contributed by atoms with Crippen molar-refractivity contribution in [2.24, 2.45) is 0 Å². The molecule has 0 radical (unpaired) electrons. The predicted molar refractivity (Wildman–Crippen MR) is 204 cm³/mol. The van der Waals surface area contributed by atoms with Crippen molar-refractivity contribution in [1.82, 2.24) is 19.1 Å². The lowest BCUT2D eigenvalue weighted by Gasteiger charge is -2.12. The number of nitrogens with zero attached hydrogens (tertiary/aromatic N) is 4. The molecule has 0 aliphatic heterocycles. The first-order valence-electron chi connectivity index (χ1n) is 27.6. The maximum absolute atomic E-state index is 9.77. The minimum absolute atomic E-state index is 0.0556. The zero-order chi connectivity index (χ0) is 55.1. The molecule has 0 saturated carbocycles. The van der Waals surface area contributed by atoms with E-state index in [9.17, 15) is 12.3 Å². The van der Waals surface area contributed by atoms with Crippen molar-refractivity contribution in [2.75, 3.05) is 0 Å². The van der Waals surface area contributed by atoms with E-state index < -0.39 is 240 Å². The predicted octanol–water partition coefficient (Wildman–Crippen LogP) is 11.5. The number of rotatable bonds is 4. The molecule has 0 aliphatic carbocycles. The van der Waals surface area contributed by atoms with Crippen LogP contribution in [0, 0.1) is 6.92 Å². The first-order valence-corrected chi connectivity index (χ1v) is 14.6. The standard InChI is InChI=1S/C45H30N4/c1-29-19-21-30(22-20-29)31-23-25-32(26-24-31)44-34-13-5-8-16-37(34)46-45(47-44)49-39-18-10-7-15-36(39)43-41(49)28-27-40-42(43)35-14-6-9-17-38(35)48(40)33-11-3-2-4-12-33/h2-28H,1H3/i2D,3D,4D,5D,6D,7D,8D,9D,10D,11D,12D,14D,15D,16D,17D,18D,19D,20D,21D,22D,23D,24D,25D,26D,27D,28D. The Hall–Kier alpha value is -6.52. The molecule has 0 saturated heterocycles. The van der Waals surface area contributed by atoms with Gasteiger partial charge in [-0.25, -0.2) is 9.97 Å². The van der Waals surface area contributed by atoms with Gasteiger partial charge in [-0.1, -0.05) is 126 Å². The second kappa shape index (κ2) is 10.8. The molecule has 7 aromatic carbocycles. The van der Waals surface area contributed by atoms with Crippen molar-refractivity contribution in [1.29, 1.82) is 0 Å². The highest BCUT2D eigenvalue weighted by molar-refractivity contribution is 6.28. The average molecular weight is 653 g/mol. The fourth-order valence-electron chi connectivity index (χ4n) is 5.85. The van der Waals surface area contributed by atoms with Crippen LogP contribution in [-0.4, -0.2) is 19.1 Å². The summed E-state index contributed by atoms with van der Waals surface area (Å²) in [6, 6.07) is -20.0. The van der Waals surface area contributed by atoms with Crippen LogP contribution in [0.5, 0.6) is 0 Å². The molecular weight excluding hydrogens is 597 g/mol. The Morgan fingerprint density at radius 1 is 0.449 bits per heavy atom. The summed E-state index contributed by atoms with van der Waals surface area (Å²) in [5.41, 5.74) is -6.00. The molecule has 0 aliphatic rings. The molecular formula is C45H30N4. The molecule has 4 heteroatoms. The molecule has 0 amide bonds. The second-order valence-electron chi connectivity index (χ2n) is 10.7. The van der Waals surface area contributed by atoms with Gasteiger partial charge in [0.1, 0.15) is 0 Å². The monoisotopic (exact) mass is 652 g/mol. The molecule has 0 fully saturated rings. The van der Waals surface area contributed by atoms with E-state index in [0.717, 1.165) is 15.2 Å². The molecule has 230 valence electrons. The van der Waals surface area contributed by atoms with Gasteiger partial charge in [-0.3, -0.25) is 4.57 Å².